The lowest BCUT2D eigenvalue weighted by atomic mass is 10.1. The van der Waals surface area contributed by atoms with E-state index < -0.39 is 12.2 Å². The number of aromatic nitrogens is 2. The molecule has 2 N–H and O–H groups in total. The summed E-state index contributed by atoms with van der Waals surface area (Å²) >= 11 is 5.43. The van der Waals surface area contributed by atoms with Crippen LogP contribution in [0, 0.1) is 0 Å². The largest absolute Gasteiger partial charge is 0.390 e. The van der Waals surface area contributed by atoms with Gasteiger partial charge in [-0.1, -0.05) is 0 Å². The molecule has 0 aliphatic rings. The predicted molar refractivity (Wildman–Crippen MR) is 48.3 cm³/mol. The molecule has 0 spiro atoms. The number of aliphatic hydroxyl groups is 2. The summed E-state index contributed by atoms with van der Waals surface area (Å²) in [5.74, 6) is 0.311. The Morgan fingerprint density at radius 1 is 1.31 bits per heavy atom. The highest BCUT2D eigenvalue weighted by Crippen LogP contribution is 2.16. The topological polar surface area (TPSA) is 66.2 Å². The number of aliphatic hydroxyl groups excluding tert-OH is 2. The summed E-state index contributed by atoms with van der Waals surface area (Å²) in [5, 5.41) is 18.9. The second-order valence-corrected chi connectivity index (χ2v) is 3.04. The quantitative estimate of drug-likeness (QED) is 0.698. The molecule has 0 aromatic carbocycles. The van der Waals surface area contributed by atoms with Crippen LogP contribution in [0.3, 0.4) is 0 Å². The molecule has 13 heavy (non-hydrogen) atoms. The van der Waals surface area contributed by atoms with Crippen molar-refractivity contribution in [1.82, 2.24) is 9.97 Å². The maximum absolute atomic E-state index is 9.53. The van der Waals surface area contributed by atoms with Crippen molar-refractivity contribution < 1.29 is 10.2 Å². The van der Waals surface area contributed by atoms with Gasteiger partial charge in [-0.05, 0) is 6.42 Å². The van der Waals surface area contributed by atoms with Gasteiger partial charge < -0.3 is 10.2 Å². The van der Waals surface area contributed by atoms with Gasteiger partial charge in [-0.25, -0.2) is 9.97 Å². The summed E-state index contributed by atoms with van der Waals surface area (Å²) < 4.78 is 0. The highest BCUT2D eigenvalue weighted by atomic mass is 35.5. The van der Waals surface area contributed by atoms with Gasteiger partial charge in [-0.15, -0.1) is 11.6 Å². The van der Waals surface area contributed by atoms with E-state index in [-0.39, 0.29) is 0 Å². The number of hydrogen-bond acceptors (Lipinski definition) is 4. The van der Waals surface area contributed by atoms with Gasteiger partial charge in [0.2, 0.25) is 0 Å². The average molecular weight is 203 g/mol. The molecule has 0 saturated heterocycles. The fourth-order valence-electron chi connectivity index (χ4n) is 0.955. The average Bonchev–Trinajstić information content (AvgIpc) is 2.18. The Bertz CT molecular complexity index is 245. The number of halogens is 1. The first-order chi connectivity index (χ1) is 6.25. The van der Waals surface area contributed by atoms with Crippen LogP contribution in [-0.2, 0) is 0 Å². The summed E-state index contributed by atoms with van der Waals surface area (Å²) in [6.45, 7) is 0. The van der Waals surface area contributed by atoms with E-state index in [0.717, 1.165) is 0 Å². The van der Waals surface area contributed by atoms with Crippen LogP contribution >= 0.6 is 11.6 Å². The van der Waals surface area contributed by atoms with Gasteiger partial charge in [-0.3, -0.25) is 0 Å². The molecule has 2 atom stereocenters. The fraction of sp³-hybridized carbons (Fsp3) is 0.500. The van der Waals surface area contributed by atoms with Crippen LogP contribution in [0.15, 0.2) is 18.7 Å². The van der Waals surface area contributed by atoms with Crippen molar-refractivity contribution in [2.75, 3.05) is 5.88 Å². The Morgan fingerprint density at radius 2 is 1.92 bits per heavy atom. The summed E-state index contributed by atoms with van der Waals surface area (Å²) in [5.41, 5.74) is 0.500. The molecule has 0 radical (unpaired) electrons. The Kier molecular flexibility index (Phi) is 4.08. The Labute approximate surface area is 81.2 Å². The number of alkyl halides is 1. The molecular formula is C8H11ClN2O2. The van der Waals surface area contributed by atoms with Crippen molar-refractivity contribution in [3.63, 3.8) is 0 Å². The van der Waals surface area contributed by atoms with Crippen LogP contribution in [0.4, 0.5) is 0 Å². The lowest BCUT2D eigenvalue weighted by molar-refractivity contribution is 0.0166. The molecule has 1 aromatic heterocycles. The van der Waals surface area contributed by atoms with E-state index >= 15 is 0 Å². The molecule has 0 saturated carbocycles. The highest BCUT2D eigenvalue weighted by molar-refractivity contribution is 6.17. The van der Waals surface area contributed by atoms with E-state index in [2.05, 4.69) is 9.97 Å². The van der Waals surface area contributed by atoms with Crippen molar-refractivity contribution in [3.05, 3.63) is 24.3 Å². The van der Waals surface area contributed by atoms with Crippen LogP contribution in [0.2, 0.25) is 0 Å². The summed E-state index contributed by atoms with van der Waals surface area (Å²) in [6, 6.07) is 0. The molecule has 1 rings (SSSR count). The minimum atomic E-state index is -0.958. The van der Waals surface area contributed by atoms with Crippen molar-refractivity contribution in [1.29, 1.82) is 0 Å². The molecule has 0 fully saturated rings. The van der Waals surface area contributed by atoms with Crippen LogP contribution in [-0.4, -0.2) is 32.2 Å². The molecule has 1 aromatic rings. The first-order valence-electron chi connectivity index (χ1n) is 3.92. The summed E-state index contributed by atoms with van der Waals surface area (Å²) in [4.78, 5) is 7.47. The normalized spacial score (nSPS) is 15.3. The smallest absolute Gasteiger partial charge is 0.115 e. The molecule has 0 bridgehead atoms. The van der Waals surface area contributed by atoms with Gasteiger partial charge in [-0.2, -0.15) is 0 Å². The second kappa shape index (κ2) is 5.11. The second-order valence-electron chi connectivity index (χ2n) is 2.66. The van der Waals surface area contributed by atoms with Gasteiger partial charge in [0.15, 0.2) is 0 Å². The van der Waals surface area contributed by atoms with Gasteiger partial charge in [0.05, 0.1) is 6.10 Å². The van der Waals surface area contributed by atoms with E-state index in [9.17, 15) is 10.2 Å². The van der Waals surface area contributed by atoms with Gasteiger partial charge in [0.25, 0.3) is 0 Å². The first-order valence-corrected chi connectivity index (χ1v) is 4.46. The van der Waals surface area contributed by atoms with Gasteiger partial charge >= 0.3 is 0 Å². The fourth-order valence-corrected chi connectivity index (χ4v) is 1.18. The summed E-state index contributed by atoms with van der Waals surface area (Å²) in [7, 11) is 0. The van der Waals surface area contributed by atoms with Crippen LogP contribution < -0.4 is 0 Å². The van der Waals surface area contributed by atoms with E-state index in [1.54, 1.807) is 0 Å². The molecule has 72 valence electrons. The third kappa shape index (κ3) is 2.91. The van der Waals surface area contributed by atoms with E-state index in [1.165, 1.54) is 18.7 Å². The minimum absolute atomic E-state index is 0.311. The lowest BCUT2D eigenvalue weighted by Crippen LogP contribution is -2.18. The zero-order valence-corrected chi connectivity index (χ0v) is 7.72. The summed E-state index contributed by atoms with van der Waals surface area (Å²) in [6.07, 6.45) is 2.83. The SMILES string of the molecule is OC(CCCl)C(O)c1cncnc1. The van der Waals surface area contributed by atoms with Crippen LogP contribution in [0.5, 0.6) is 0 Å². The van der Waals surface area contributed by atoms with Crippen LogP contribution in [0.1, 0.15) is 18.1 Å². The van der Waals surface area contributed by atoms with Crippen molar-refractivity contribution >= 4 is 11.6 Å². The molecule has 5 heteroatoms. The minimum Gasteiger partial charge on any atom is -0.390 e. The highest BCUT2D eigenvalue weighted by Gasteiger charge is 2.17. The maximum atomic E-state index is 9.53. The van der Waals surface area contributed by atoms with Crippen LogP contribution in [0.25, 0.3) is 0 Å². The Morgan fingerprint density at radius 3 is 2.46 bits per heavy atom. The molecule has 1 heterocycles. The van der Waals surface area contributed by atoms with Crippen molar-refractivity contribution in [3.8, 4) is 0 Å². The standard InChI is InChI=1S/C8H11ClN2O2/c9-2-1-7(12)8(13)6-3-10-5-11-4-6/h3-5,7-8,12-13H,1-2H2. The molecule has 0 amide bonds. The third-order valence-electron chi connectivity index (χ3n) is 1.69. The van der Waals surface area contributed by atoms with E-state index in [4.69, 9.17) is 11.6 Å². The van der Waals surface area contributed by atoms with Crippen molar-refractivity contribution in [2.24, 2.45) is 0 Å². The Balaban J connectivity index is 2.62. The zero-order chi connectivity index (χ0) is 9.68. The number of nitrogens with zero attached hydrogens (tertiary/aromatic N) is 2. The number of rotatable bonds is 4. The lowest BCUT2D eigenvalue weighted by Gasteiger charge is -2.15. The maximum Gasteiger partial charge on any atom is 0.115 e. The third-order valence-corrected chi connectivity index (χ3v) is 1.91. The van der Waals surface area contributed by atoms with Gasteiger partial charge in [0, 0.05) is 23.8 Å². The molecule has 2 unspecified atom stereocenters. The monoisotopic (exact) mass is 202 g/mol. The Hall–Kier alpha value is -0.710. The molecule has 4 nitrogen and oxygen atoms in total. The zero-order valence-electron chi connectivity index (χ0n) is 6.97. The van der Waals surface area contributed by atoms with Gasteiger partial charge in [0.1, 0.15) is 12.4 Å². The predicted octanol–water partition coefficient (Wildman–Crippen LogP) is 0.500. The van der Waals surface area contributed by atoms with Crippen molar-refractivity contribution in [2.45, 2.75) is 18.6 Å². The first kappa shape index (κ1) is 10.4. The molecular weight excluding hydrogens is 192 g/mol. The molecule has 0 aliphatic carbocycles. The molecule has 0 aliphatic heterocycles. The van der Waals surface area contributed by atoms with E-state index in [1.807, 2.05) is 0 Å². The van der Waals surface area contributed by atoms with E-state index in [0.29, 0.717) is 17.9 Å². The number of hydrogen-bond donors (Lipinski definition) is 2.